The van der Waals surface area contributed by atoms with Crippen molar-refractivity contribution in [2.24, 2.45) is 16.7 Å². The molecule has 2 saturated carbocycles. The van der Waals surface area contributed by atoms with Gasteiger partial charge in [-0.25, -0.2) is 4.79 Å². The Morgan fingerprint density at radius 3 is 2.43 bits per heavy atom. The molecule has 2 aliphatic carbocycles. The molecule has 2 fully saturated rings. The van der Waals surface area contributed by atoms with E-state index in [0.29, 0.717) is 12.5 Å². The normalized spacial score (nSPS) is 26.0. The minimum Gasteiger partial charge on any atom is -0.446 e. The van der Waals surface area contributed by atoms with E-state index in [2.05, 4.69) is 38.0 Å². The van der Waals surface area contributed by atoms with Crippen LogP contribution in [0.25, 0.3) is 0 Å². The Hall–Kier alpha value is -2.30. The van der Waals surface area contributed by atoms with Crippen LogP contribution in [0.15, 0.2) is 37.0 Å². The summed E-state index contributed by atoms with van der Waals surface area (Å²) in [6.45, 7) is 17.0. The summed E-state index contributed by atoms with van der Waals surface area (Å²) in [7, 11) is 0. The first-order chi connectivity index (χ1) is 13.4. The molecular formula is C23H36N2O3. The molecule has 2 bridgehead atoms. The van der Waals surface area contributed by atoms with E-state index in [9.17, 15) is 4.79 Å². The lowest BCUT2D eigenvalue weighted by Crippen LogP contribution is -2.40. The van der Waals surface area contributed by atoms with Gasteiger partial charge in [-0.05, 0) is 48.4 Å². The van der Waals surface area contributed by atoms with Gasteiger partial charge in [0.15, 0.2) is 0 Å². The number of anilines is 1. The zero-order valence-corrected chi connectivity index (χ0v) is 18.0. The Kier molecular flexibility index (Phi) is 8.73. The van der Waals surface area contributed by atoms with Crippen LogP contribution in [0.2, 0.25) is 0 Å². The maximum absolute atomic E-state index is 12.3. The summed E-state index contributed by atoms with van der Waals surface area (Å²) in [4.78, 5) is 20.3. The van der Waals surface area contributed by atoms with E-state index in [-0.39, 0.29) is 23.0 Å². The van der Waals surface area contributed by atoms with Crippen LogP contribution < -0.4 is 10.6 Å². The fourth-order valence-electron chi connectivity index (χ4n) is 4.57. The van der Waals surface area contributed by atoms with E-state index < -0.39 is 0 Å². The number of hydrogen-bond acceptors (Lipinski definition) is 4. The molecule has 1 aromatic carbocycles. The maximum Gasteiger partial charge on any atom is 0.407 e. The van der Waals surface area contributed by atoms with E-state index in [1.54, 1.807) is 6.20 Å². The van der Waals surface area contributed by atoms with Gasteiger partial charge in [0.1, 0.15) is 12.9 Å². The zero-order chi connectivity index (χ0) is 21.4. The van der Waals surface area contributed by atoms with Crippen LogP contribution >= 0.6 is 0 Å². The summed E-state index contributed by atoms with van der Waals surface area (Å²) in [5.41, 5.74) is 2.30. The van der Waals surface area contributed by atoms with Crippen molar-refractivity contribution in [2.45, 2.75) is 66.5 Å². The monoisotopic (exact) mass is 388 g/mol. The number of benzene rings is 1. The van der Waals surface area contributed by atoms with Gasteiger partial charge in [0.05, 0.1) is 0 Å². The Labute approximate surface area is 169 Å². The van der Waals surface area contributed by atoms with Gasteiger partial charge in [0.2, 0.25) is 0 Å². The number of para-hydroxylation sites is 1. The largest absolute Gasteiger partial charge is 0.446 e. The van der Waals surface area contributed by atoms with Gasteiger partial charge in [0.25, 0.3) is 0 Å². The van der Waals surface area contributed by atoms with Crippen LogP contribution in [0.1, 0.15) is 59.4 Å². The second kappa shape index (κ2) is 10.3. The molecule has 0 aliphatic heterocycles. The summed E-state index contributed by atoms with van der Waals surface area (Å²) in [5.74, 6) is 0.665. The average Bonchev–Trinajstić information content (AvgIpc) is 3.04. The van der Waals surface area contributed by atoms with Crippen LogP contribution in [-0.2, 0) is 16.1 Å². The Bertz CT molecular complexity index is 659. The van der Waals surface area contributed by atoms with E-state index in [1.165, 1.54) is 6.42 Å². The molecule has 156 valence electrons. The Balaban J connectivity index is 0.000000921. The molecular weight excluding hydrogens is 352 g/mol. The third kappa shape index (κ3) is 4.57. The Morgan fingerprint density at radius 2 is 1.89 bits per heavy atom. The third-order valence-corrected chi connectivity index (χ3v) is 6.66. The second-order valence-electron chi connectivity index (χ2n) is 7.86. The Morgan fingerprint density at radius 1 is 1.25 bits per heavy atom. The van der Waals surface area contributed by atoms with Gasteiger partial charge in [-0.2, -0.15) is 0 Å². The van der Waals surface area contributed by atoms with Crippen LogP contribution in [0.3, 0.4) is 0 Å². The number of hydrogen-bond donors (Lipinski definition) is 2. The minimum absolute atomic E-state index is 0.0211. The highest BCUT2D eigenvalue weighted by molar-refractivity contribution is 5.68. The third-order valence-electron chi connectivity index (χ3n) is 6.66. The first kappa shape index (κ1) is 23.7. The van der Waals surface area contributed by atoms with Crippen molar-refractivity contribution in [1.29, 1.82) is 0 Å². The topological polar surface area (TPSA) is 67.4 Å². The lowest BCUT2D eigenvalue weighted by molar-refractivity contribution is -0.0980. The lowest BCUT2D eigenvalue weighted by Gasteiger charge is -2.38. The SMILES string of the molecule is C=CNc1ccccc1CNC(=O)OC1CC2CCC1(C)C2(C)C.C=O.CC. The zero-order valence-electron chi connectivity index (χ0n) is 18.0. The molecule has 0 spiro atoms. The molecule has 0 aromatic heterocycles. The fraction of sp³-hybridized carbons (Fsp3) is 0.565. The molecule has 2 N–H and O–H groups in total. The maximum atomic E-state index is 12.3. The van der Waals surface area contributed by atoms with Crippen LogP contribution in [0.5, 0.6) is 0 Å². The van der Waals surface area contributed by atoms with Crippen LogP contribution in [-0.4, -0.2) is 19.0 Å². The first-order valence-corrected chi connectivity index (χ1v) is 10.1. The highest BCUT2D eigenvalue weighted by atomic mass is 16.6. The van der Waals surface area contributed by atoms with E-state index in [1.807, 2.05) is 44.9 Å². The van der Waals surface area contributed by atoms with Crippen molar-refractivity contribution in [2.75, 3.05) is 5.32 Å². The molecule has 5 heteroatoms. The number of amides is 1. The standard InChI is InChI=1S/C20H28N2O2.C2H6.CH2O/c1-5-21-16-9-7-6-8-14(16)13-22-18(23)24-17-12-15-10-11-20(17,4)19(15,2)3;2*1-2/h5-9,15,17,21H,1,10-13H2,2-4H3,(H,22,23);1-2H3;1H2. The predicted octanol–water partition coefficient (Wildman–Crippen LogP) is 5.52. The van der Waals surface area contributed by atoms with E-state index in [0.717, 1.165) is 24.1 Å². The van der Waals surface area contributed by atoms with Gasteiger partial charge in [-0.1, -0.05) is 59.4 Å². The van der Waals surface area contributed by atoms with Crippen molar-refractivity contribution in [1.82, 2.24) is 5.32 Å². The summed E-state index contributed by atoms with van der Waals surface area (Å²) in [5, 5.41) is 5.98. The van der Waals surface area contributed by atoms with Gasteiger partial charge in [-0.3, -0.25) is 0 Å². The lowest BCUT2D eigenvalue weighted by atomic mass is 9.70. The number of ether oxygens (including phenoxy) is 1. The summed E-state index contributed by atoms with van der Waals surface area (Å²) in [6, 6.07) is 7.85. The number of carbonyl (C=O) groups excluding carboxylic acids is 2. The molecule has 0 heterocycles. The van der Waals surface area contributed by atoms with Gasteiger partial charge in [0, 0.05) is 17.6 Å². The van der Waals surface area contributed by atoms with Crippen molar-refractivity contribution in [3.8, 4) is 0 Å². The van der Waals surface area contributed by atoms with Crippen LogP contribution in [0, 0.1) is 16.7 Å². The number of nitrogens with one attached hydrogen (secondary N) is 2. The van der Waals surface area contributed by atoms with E-state index in [4.69, 9.17) is 9.53 Å². The van der Waals surface area contributed by atoms with Crippen molar-refractivity contribution < 1.29 is 14.3 Å². The highest BCUT2D eigenvalue weighted by Gasteiger charge is 2.62. The molecule has 0 saturated heterocycles. The average molecular weight is 389 g/mol. The molecule has 28 heavy (non-hydrogen) atoms. The molecule has 2 aliphatic rings. The minimum atomic E-state index is -0.321. The van der Waals surface area contributed by atoms with Gasteiger partial charge >= 0.3 is 6.09 Å². The van der Waals surface area contributed by atoms with Gasteiger partial charge in [-0.15, -0.1) is 0 Å². The smallest absolute Gasteiger partial charge is 0.407 e. The number of carbonyl (C=O) groups is 2. The van der Waals surface area contributed by atoms with Crippen molar-refractivity contribution in [3.05, 3.63) is 42.6 Å². The quantitative estimate of drug-likeness (QED) is 0.696. The van der Waals surface area contributed by atoms with Crippen molar-refractivity contribution in [3.63, 3.8) is 0 Å². The fourth-order valence-corrected chi connectivity index (χ4v) is 4.57. The van der Waals surface area contributed by atoms with Crippen LogP contribution in [0.4, 0.5) is 10.5 Å². The molecule has 3 unspecified atom stereocenters. The number of alkyl carbamates (subject to hydrolysis) is 1. The molecule has 3 atom stereocenters. The first-order valence-electron chi connectivity index (χ1n) is 10.1. The van der Waals surface area contributed by atoms with Gasteiger partial charge < -0.3 is 20.2 Å². The molecule has 0 radical (unpaired) electrons. The number of rotatable bonds is 5. The molecule has 5 nitrogen and oxygen atoms in total. The predicted molar refractivity (Wildman–Crippen MR) is 115 cm³/mol. The summed E-state index contributed by atoms with van der Waals surface area (Å²) < 4.78 is 5.81. The molecule has 1 aromatic rings. The second-order valence-corrected chi connectivity index (χ2v) is 7.86. The molecule has 1 amide bonds. The summed E-state index contributed by atoms with van der Waals surface area (Å²) >= 11 is 0. The molecule has 3 rings (SSSR count). The number of fused-ring (bicyclic) bond motifs is 2. The highest BCUT2D eigenvalue weighted by Crippen LogP contribution is 2.66. The summed E-state index contributed by atoms with van der Waals surface area (Å²) in [6.07, 6.45) is 4.73. The van der Waals surface area contributed by atoms with E-state index >= 15 is 0 Å². The van der Waals surface area contributed by atoms with Crippen molar-refractivity contribution >= 4 is 18.6 Å².